The summed E-state index contributed by atoms with van der Waals surface area (Å²) in [6.07, 6.45) is 8.23. The molecule has 0 aromatic carbocycles. The number of esters is 1. The van der Waals surface area contributed by atoms with Gasteiger partial charge in [-0.2, -0.15) is 0 Å². The van der Waals surface area contributed by atoms with Crippen molar-refractivity contribution < 1.29 is 19.4 Å². The predicted octanol–water partition coefficient (Wildman–Crippen LogP) is 2.26. The first-order valence-electron chi connectivity index (χ1n) is 9.58. The number of hydrogen-bond donors (Lipinski definition) is 1. The molecule has 5 rings (SSSR count). The van der Waals surface area contributed by atoms with E-state index < -0.39 is 11.0 Å². The number of nitrogens with zero attached hydrogens (tertiary/aromatic N) is 1. The van der Waals surface area contributed by atoms with Crippen molar-refractivity contribution in [2.75, 3.05) is 13.2 Å². The molecule has 0 aromatic rings. The van der Waals surface area contributed by atoms with E-state index in [4.69, 9.17) is 4.74 Å². The topological polar surface area (TPSA) is 66.8 Å². The first-order valence-corrected chi connectivity index (χ1v) is 9.58. The number of amides is 1. The van der Waals surface area contributed by atoms with Crippen molar-refractivity contribution in [1.29, 1.82) is 0 Å². The van der Waals surface area contributed by atoms with E-state index >= 15 is 0 Å². The van der Waals surface area contributed by atoms with Crippen molar-refractivity contribution in [2.45, 2.75) is 76.4 Å². The van der Waals surface area contributed by atoms with Gasteiger partial charge in [-0.05, 0) is 76.5 Å². The minimum Gasteiger partial charge on any atom is -0.455 e. The molecular weight excluding hydrogens is 306 g/mol. The van der Waals surface area contributed by atoms with Gasteiger partial charge in [-0.3, -0.25) is 9.59 Å². The van der Waals surface area contributed by atoms with Crippen molar-refractivity contribution in [3.63, 3.8) is 0 Å². The van der Waals surface area contributed by atoms with Crippen molar-refractivity contribution in [3.8, 4) is 0 Å². The van der Waals surface area contributed by atoms with Crippen LogP contribution in [-0.4, -0.2) is 46.7 Å². The van der Waals surface area contributed by atoms with Crippen LogP contribution in [0.5, 0.6) is 0 Å². The lowest BCUT2D eigenvalue weighted by Gasteiger charge is -2.58. The molecule has 4 bridgehead atoms. The van der Waals surface area contributed by atoms with E-state index in [-0.39, 0.29) is 24.5 Å². The number of carbonyl (C=O) groups excluding carboxylic acids is 2. The molecule has 0 unspecified atom stereocenters. The Morgan fingerprint density at radius 1 is 1.17 bits per heavy atom. The van der Waals surface area contributed by atoms with Crippen LogP contribution in [0, 0.1) is 17.3 Å². The molecule has 4 saturated carbocycles. The second-order valence-corrected chi connectivity index (χ2v) is 8.97. The third-order valence-corrected chi connectivity index (χ3v) is 6.91. The summed E-state index contributed by atoms with van der Waals surface area (Å²) in [6.45, 7) is 2.69. The largest absolute Gasteiger partial charge is 0.455 e. The summed E-state index contributed by atoms with van der Waals surface area (Å²) in [5.74, 6) is 0.579. The highest BCUT2D eigenvalue weighted by Crippen LogP contribution is 2.61. The monoisotopic (exact) mass is 335 g/mol. The van der Waals surface area contributed by atoms with Gasteiger partial charge in [0.05, 0.1) is 11.0 Å². The number of likely N-dealkylation sites (tertiary alicyclic amines) is 1. The summed E-state index contributed by atoms with van der Waals surface area (Å²) in [6, 6.07) is 0.241. The van der Waals surface area contributed by atoms with Gasteiger partial charge >= 0.3 is 5.97 Å². The minimum absolute atomic E-state index is 0.0704. The molecule has 1 saturated heterocycles. The predicted molar refractivity (Wildman–Crippen MR) is 88.0 cm³/mol. The SMILES string of the molecule is C[C@H]1CCCCN1C(=O)COC(=O)C12C[C@@H]3C[C@H](CC(O)(C3)C1)C2. The van der Waals surface area contributed by atoms with Gasteiger partial charge in [0.15, 0.2) is 6.61 Å². The Balaban J connectivity index is 1.39. The van der Waals surface area contributed by atoms with Gasteiger partial charge < -0.3 is 14.7 Å². The lowest BCUT2D eigenvalue weighted by atomic mass is 9.48. The quantitative estimate of drug-likeness (QED) is 0.804. The van der Waals surface area contributed by atoms with E-state index in [0.29, 0.717) is 18.3 Å². The van der Waals surface area contributed by atoms with E-state index in [9.17, 15) is 14.7 Å². The highest BCUT2D eigenvalue weighted by atomic mass is 16.5. The highest BCUT2D eigenvalue weighted by molar-refractivity contribution is 5.83. The second kappa shape index (κ2) is 5.72. The van der Waals surface area contributed by atoms with Crippen LogP contribution in [0.2, 0.25) is 0 Å². The van der Waals surface area contributed by atoms with Crippen LogP contribution < -0.4 is 0 Å². The lowest BCUT2D eigenvalue weighted by Crippen LogP contribution is -2.58. The van der Waals surface area contributed by atoms with Crippen LogP contribution in [0.15, 0.2) is 0 Å². The molecule has 0 spiro atoms. The van der Waals surface area contributed by atoms with Crippen molar-refractivity contribution in [2.24, 2.45) is 17.3 Å². The molecule has 5 heteroatoms. The molecule has 5 fully saturated rings. The Morgan fingerprint density at radius 3 is 2.50 bits per heavy atom. The third-order valence-electron chi connectivity index (χ3n) is 6.91. The molecule has 0 aromatic heterocycles. The van der Waals surface area contributed by atoms with Crippen LogP contribution in [0.3, 0.4) is 0 Å². The summed E-state index contributed by atoms with van der Waals surface area (Å²) in [4.78, 5) is 27.1. The molecule has 1 amide bonds. The average Bonchev–Trinajstić information content (AvgIpc) is 2.50. The molecule has 5 aliphatic rings. The van der Waals surface area contributed by atoms with Gasteiger partial charge in [-0.1, -0.05) is 0 Å². The molecule has 1 N–H and O–H groups in total. The van der Waals surface area contributed by atoms with E-state index in [1.165, 1.54) is 0 Å². The van der Waals surface area contributed by atoms with Crippen LogP contribution in [0.4, 0.5) is 0 Å². The molecule has 24 heavy (non-hydrogen) atoms. The summed E-state index contributed by atoms with van der Waals surface area (Å²) >= 11 is 0. The van der Waals surface area contributed by atoms with Gasteiger partial charge in [-0.15, -0.1) is 0 Å². The summed E-state index contributed by atoms with van der Waals surface area (Å²) in [5.41, 5.74) is -1.21. The Hall–Kier alpha value is -1.10. The number of aliphatic hydroxyl groups is 1. The standard InChI is InChI=1S/C19H29NO4/c1-13-4-2-3-5-20(13)16(21)11-24-17(22)18-7-14-6-15(8-18)10-19(23,9-14)12-18/h13-15,23H,2-12H2,1H3/t13-,14-,15-,18?,19?/m0/s1. The molecular formula is C19H29NO4. The molecule has 1 aliphatic heterocycles. The van der Waals surface area contributed by atoms with Crippen molar-refractivity contribution in [3.05, 3.63) is 0 Å². The fourth-order valence-corrected chi connectivity index (χ4v) is 6.28. The maximum Gasteiger partial charge on any atom is 0.312 e. The van der Waals surface area contributed by atoms with Crippen LogP contribution >= 0.6 is 0 Å². The Labute approximate surface area is 143 Å². The molecule has 1 heterocycles. The smallest absolute Gasteiger partial charge is 0.312 e. The first kappa shape index (κ1) is 16.4. The van der Waals surface area contributed by atoms with Crippen LogP contribution in [0.1, 0.15) is 64.7 Å². The summed E-state index contributed by atoms with van der Waals surface area (Å²) < 4.78 is 5.49. The maximum absolute atomic E-state index is 12.8. The third kappa shape index (κ3) is 2.75. The average molecular weight is 335 g/mol. The highest BCUT2D eigenvalue weighted by Gasteiger charge is 2.60. The van der Waals surface area contributed by atoms with E-state index in [1.807, 2.05) is 4.90 Å². The van der Waals surface area contributed by atoms with Gasteiger partial charge in [0, 0.05) is 12.6 Å². The van der Waals surface area contributed by atoms with Crippen molar-refractivity contribution in [1.82, 2.24) is 4.90 Å². The van der Waals surface area contributed by atoms with E-state index in [0.717, 1.165) is 57.9 Å². The molecule has 0 radical (unpaired) electrons. The van der Waals surface area contributed by atoms with Crippen LogP contribution in [0.25, 0.3) is 0 Å². The molecule has 5 nitrogen and oxygen atoms in total. The van der Waals surface area contributed by atoms with E-state index in [2.05, 4.69) is 6.92 Å². The zero-order valence-electron chi connectivity index (χ0n) is 14.6. The van der Waals surface area contributed by atoms with Gasteiger partial charge in [0.25, 0.3) is 5.91 Å². The van der Waals surface area contributed by atoms with Crippen LogP contribution in [-0.2, 0) is 14.3 Å². The number of piperidine rings is 1. The zero-order chi connectivity index (χ0) is 16.9. The summed E-state index contributed by atoms with van der Waals surface area (Å²) in [7, 11) is 0. The maximum atomic E-state index is 12.8. The normalized spacial score (nSPS) is 43.8. The number of hydrogen-bond acceptors (Lipinski definition) is 4. The van der Waals surface area contributed by atoms with Gasteiger partial charge in [0.1, 0.15) is 0 Å². The lowest BCUT2D eigenvalue weighted by molar-refractivity contribution is -0.197. The minimum atomic E-state index is -0.672. The Kier molecular flexibility index (Phi) is 3.90. The van der Waals surface area contributed by atoms with Gasteiger partial charge in [0.2, 0.25) is 0 Å². The van der Waals surface area contributed by atoms with E-state index in [1.54, 1.807) is 0 Å². The fourth-order valence-electron chi connectivity index (χ4n) is 6.28. The molecule has 3 atom stereocenters. The Morgan fingerprint density at radius 2 is 1.88 bits per heavy atom. The van der Waals surface area contributed by atoms with Gasteiger partial charge in [-0.25, -0.2) is 0 Å². The first-order chi connectivity index (χ1) is 11.4. The number of carbonyl (C=O) groups is 2. The van der Waals surface area contributed by atoms with Crippen molar-refractivity contribution >= 4 is 11.9 Å². The summed E-state index contributed by atoms with van der Waals surface area (Å²) in [5, 5.41) is 10.7. The second-order valence-electron chi connectivity index (χ2n) is 8.97. The molecule has 134 valence electrons. The molecule has 4 aliphatic carbocycles. The Bertz CT molecular complexity index is 531. The zero-order valence-corrected chi connectivity index (χ0v) is 14.6. The number of rotatable bonds is 3. The number of ether oxygens (including phenoxy) is 1. The fraction of sp³-hybridized carbons (Fsp3) is 0.895.